The fourth-order valence-electron chi connectivity index (χ4n) is 2.78. The number of aliphatic hydroxyl groups excluding tert-OH is 1. The fraction of sp³-hybridized carbons (Fsp3) is 0.526. The van der Waals surface area contributed by atoms with Crippen molar-refractivity contribution < 1.29 is 9.50 Å². The van der Waals surface area contributed by atoms with Gasteiger partial charge in [0, 0.05) is 13.1 Å². The molecule has 0 bridgehead atoms. The highest BCUT2D eigenvalue weighted by Gasteiger charge is 2.08. The Morgan fingerprint density at radius 3 is 2.71 bits per heavy atom. The van der Waals surface area contributed by atoms with Gasteiger partial charge in [-0.2, -0.15) is 0 Å². The number of nitrogens with zero attached hydrogens (tertiary/aromatic N) is 1. The van der Waals surface area contributed by atoms with E-state index in [0.717, 1.165) is 19.5 Å². The Balaban J connectivity index is 1.82. The summed E-state index contributed by atoms with van der Waals surface area (Å²) < 4.78 is 12.9. The van der Waals surface area contributed by atoms with Gasteiger partial charge in [0.15, 0.2) is 5.96 Å². The highest BCUT2D eigenvalue weighted by molar-refractivity contribution is 5.79. The summed E-state index contributed by atoms with van der Waals surface area (Å²) in [5, 5.41) is 16.7. The zero-order chi connectivity index (χ0) is 17.2. The van der Waals surface area contributed by atoms with Gasteiger partial charge in [-0.15, -0.1) is 0 Å². The largest absolute Gasteiger partial charge is 0.386 e. The summed E-state index contributed by atoms with van der Waals surface area (Å²) in [5.41, 5.74) is 2.19. The molecule has 0 fully saturated rings. The monoisotopic (exact) mass is 333 g/mol. The van der Waals surface area contributed by atoms with Crippen molar-refractivity contribution in [1.29, 1.82) is 0 Å². The standard InChI is InChI=1S/C19H28FN3O/c1-2-21-19(22-13-12-15-6-4-3-5-7-15)23-14-18(24)16-8-10-17(20)11-9-16/h6,8-11,18,24H,2-5,7,12-14H2,1H3,(H2,21,22,23). The number of rotatable bonds is 7. The predicted octanol–water partition coefficient (Wildman–Crippen LogP) is 3.30. The van der Waals surface area contributed by atoms with E-state index >= 15 is 0 Å². The summed E-state index contributed by atoms with van der Waals surface area (Å²) in [6.45, 7) is 3.85. The van der Waals surface area contributed by atoms with Crippen LogP contribution < -0.4 is 10.6 Å². The third-order valence-corrected chi connectivity index (χ3v) is 4.14. The molecule has 0 radical (unpaired) electrons. The molecule has 0 spiro atoms. The summed E-state index contributed by atoms with van der Waals surface area (Å²) in [6.07, 6.45) is 7.67. The molecule has 1 aromatic rings. The van der Waals surface area contributed by atoms with Gasteiger partial charge >= 0.3 is 0 Å². The molecule has 5 heteroatoms. The van der Waals surface area contributed by atoms with Crippen molar-refractivity contribution in [2.24, 2.45) is 4.99 Å². The van der Waals surface area contributed by atoms with Crippen LogP contribution in [0.3, 0.4) is 0 Å². The zero-order valence-electron chi connectivity index (χ0n) is 14.4. The first-order valence-electron chi connectivity index (χ1n) is 8.82. The van der Waals surface area contributed by atoms with Crippen molar-refractivity contribution in [1.82, 2.24) is 10.6 Å². The second kappa shape index (κ2) is 10.1. The van der Waals surface area contributed by atoms with E-state index in [0.29, 0.717) is 11.5 Å². The van der Waals surface area contributed by atoms with Crippen molar-refractivity contribution in [3.63, 3.8) is 0 Å². The van der Waals surface area contributed by atoms with E-state index in [1.807, 2.05) is 6.92 Å². The molecular weight excluding hydrogens is 305 g/mol. The lowest BCUT2D eigenvalue weighted by Crippen LogP contribution is -2.38. The highest BCUT2D eigenvalue weighted by Crippen LogP contribution is 2.19. The predicted molar refractivity (Wildman–Crippen MR) is 96.5 cm³/mol. The number of allylic oxidation sites excluding steroid dienone is 1. The van der Waals surface area contributed by atoms with Crippen molar-refractivity contribution in [2.75, 3.05) is 19.6 Å². The topological polar surface area (TPSA) is 56.7 Å². The van der Waals surface area contributed by atoms with Crippen LogP contribution in [0.15, 0.2) is 40.9 Å². The number of aliphatic hydroxyl groups is 1. The highest BCUT2D eigenvalue weighted by atomic mass is 19.1. The summed E-state index contributed by atoms with van der Waals surface area (Å²) in [5.74, 6) is 0.400. The van der Waals surface area contributed by atoms with Crippen molar-refractivity contribution in [2.45, 2.75) is 45.1 Å². The lowest BCUT2D eigenvalue weighted by atomic mass is 9.97. The number of nitrogens with one attached hydrogen (secondary N) is 2. The summed E-state index contributed by atoms with van der Waals surface area (Å²) >= 11 is 0. The minimum absolute atomic E-state index is 0.240. The van der Waals surface area contributed by atoms with Crippen LogP contribution in [-0.2, 0) is 0 Å². The summed E-state index contributed by atoms with van der Waals surface area (Å²) in [4.78, 5) is 4.43. The van der Waals surface area contributed by atoms with Gasteiger partial charge in [-0.05, 0) is 56.7 Å². The molecule has 1 aliphatic carbocycles. The molecule has 4 nitrogen and oxygen atoms in total. The molecule has 1 aromatic carbocycles. The third-order valence-electron chi connectivity index (χ3n) is 4.14. The molecule has 2 rings (SSSR count). The van der Waals surface area contributed by atoms with Crippen LogP contribution in [0.4, 0.5) is 4.39 Å². The van der Waals surface area contributed by atoms with Gasteiger partial charge in [0.1, 0.15) is 5.82 Å². The van der Waals surface area contributed by atoms with Gasteiger partial charge in [-0.25, -0.2) is 4.39 Å². The molecule has 0 saturated heterocycles. The van der Waals surface area contributed by atoms with Crippen LogP contribution >= 0.6 is 0 Å². The first-order valence-corrected chi connectivity index (χ1v) is 8.82. The smallest absolute Gasteiger partial charge is 0.191 e. The maximum Gasteiger partial charge on any atom is 0.191 e. The number of benzene rings is 1. The number of aliphatic imine (C=N–C) groups is 1. The van der Waals surface area contributed by atoms with Crippen LogP contribution in [0.1, 0.15) is 50.7 Å². The Hall–Kier alpha value is -1.88. The Labute approximate surface area is 143 Å². The number of hydrogen-bond donors (Lipinski definition) is 3. The number of hydrogen-bond acceptors (Lipinski definition) is 2. The molecule has 132 valence electrons. The number of halogens is 1. The Morgan fingerprint density at radius 2 is 2.04 bits per heavy atom. The number of guanidine groups is 1. The van der Waals surface area contributed by atoms with E-state index in [-0.39, 0.29) is 12.4 Å². The van der Waals surface area contributed by atoms with Gasteiger partial charge in [0.2, 0.25) is 0 Å². The van der Waals surface area contributed by atoms with Gasteiger partial charge in [-0.1, -0.05) is 23.8 Å². The Kier molecular flexibility index (Phi) is 7.75. The molecule has 3 N–H and O–H groups in total. The van der Waals surface area contributed by atoms with Crippen LogP contribution in [0, 0.1) is 5.82 Å². The minimum atomic E-state index is -0.734. The third kappa shape index (κ3) is 6.32. The van der Waals surface area contributed by atoms with Crippen molar-refractivity contribution >= 4 is 5.96 Å². The molecule has 1 aliphatic rings. The Bertz CT molecular complexity index is 554. The van der Waals surface area contributed by atoms with E-state index in [1.54, 1.807) is 12.1 Å². The van der Waals surface area contributed by atoms with E-state index in [9.17, 15) is 9.50 Å². The normalized spacial score (nSPS) is 16.5. The van der Waals surface area contributed by atoms with Crippen molar-refractivity contribution in [3.8, 4) is 0 Å². The zero-order valence-corrected chi connectivity index (χ0v) is 14.4. The lowest BCUT2D eigenvalue weighted by molar-refractivity contribution is 0.187. The molecule has 1 atom stereocenters. The summed E-state index contributed by atoms with van der Waals surface area (Å²) in [7, 11) is 0. The Morgan fingerprint density at radius 1 is 1.25 bits per heavy atom. The van der Waals surface area contributed by atoms with E-state index in [2.05, 4.69) is 21.7 Å². The van der Waals surface area contributed by atoms with E-state index < -0.39 is 6.10 Å². The molecule has 0 saturated carbocycles. The van der Waals surface area contributed by atoms with E-state index in [1.165, 1.54) is 43.4 Å². The SMILES string of the molecule is CCNC(=NCC(O)c1ccc(F)cc1)NCCC1=CCCCC1. The van der Waals surface area contributed by atoms with E-state index in [4.69, 9.17) is 0 Å². The molecular formula is C19H28FN3O. The van der Waals surface area contributed by atoms with Crippen LogP contribution in [0.25, 0.3) is 0 Å². The van der Waals surface area contributed by atoms with Crippen LogP contribution in [-0.4, -0.2) is 30.7 Å². The summed E-state index contributed by atoms with van der Waals surface area (Å²) in [6, 6.07) is 5.88. The average molecular weight is 333 g/mol. The fourth-order valence-corrected chi connectivity index (χ4v) is 2.78. The molecule has 0 heterocycles. The second-order valence-electron chi connectivity index (χ2n) is 6.07. The van der Waals surface area contributed by atoms with Crippen LogP contribution in [0.5, 0.6) is 0 Å². The average Bonchev–Trinajstić information content (AvgIpc) is 2.61. The maximum absolute atomic E-state index is 12.9. The molecule has 0 amide bonds. The van der Waals surface area contributed by atoms with Gasteiger partial charge in [0.25, 0.3) is 0 Å². The molecule has 1 unspecified atom stereocenters. The van der Waals surface area contributed by atoms with Crippen LogP contribution in [0.2, 0.25) is 0 Å². The molecule has 24 heavy (non-hydrogen) atoms. The first-order chi connectivity index (χ1) is 11.7. The molecule has 0 aromatic heterocycles. The lowest BCUT2D eigenvalue weighted by Gasteiger charge is -2.16. The van der Waals surface area contributed by atoms with Gasteiger partial charge in [-0.3, -0.25) is 4.99 Å². The minimum Gasteiger partial charge on any atom is -0.386 e. The second-order valence-corrected chi connectivity index (χ2v) is 6.07. The van der Waals surface area contributed by atoms with Gasteiger partial charge in [0.05, 0.1) is 12.6 Å². The maximum atomic E-state index is 12.9. The molecule has 0 aliphatic heterocycles. The van der Waals surface area contributed by atoms with Crippen molar-refractivity contribution in [3.05, 3.63) is 47.3 Å². The first kappa shape index (κ1) is 18.5. The quantitative estimate of drug-likeness (QED) is 0.408. The van der Waals surface area contributed by atoms with Gasteiger partial charge < -0.3 is 15.7 Å².